The minimum absolute atomic E-state index is 0.461. The van der Waals surface area contributed by atoms with E-state index in [-0.39, 0.29) is 0 Å². The minimum atomic E-state index is 0.461. The van der Waals surface area contributed by atoms with E-state index in [4.69, 9.17) is 0 Å². The van der Waals surface area contributed by atoms with Gasteiger partial charge in [0.05, 0.1) is 0 Å². The Bertz CT molecular complexity index is 132. The van der Waals surface area contributed by atoms with Crippen LogP contribution in [-0.4, -0.2) is 0 Å². The molecule has 0 nitrogen and oxygen atoms in total. The standard InChI is InChI=1S/C13H28/c1-9(2)12(10(3)4)13(7,8)11(5)6/h9-12H,1-8H3. The third-order valence-electron chi connectivity index (χ3n) is 3.78. The summed E-state index contributed by atoms with van der Waals surface area (Å²) in [5, 5.41) is 0. The largest absolute Gasteiger partial charge is 0.0625 e. The quantitative estimate of drug-likeness (QED) is 0.599. The average Bonchev–Trinajstić information content (AvgIpc) is 1.82. The van der Waals surface area contributed by atoms with Crippen LogP contribution in [0.15, 0.2) is 0 Å². The lowest BCUT2D eigenvalue weighted by Crippen LogP contribution is -2.36. The summed E-state index contributed by atoms with van der Waals surface area (Å²) in [5.74, 6) is 3.17. The van der Waals surface area contributed by atoms with Crippen LogP contribution in [0.25, 0.3) is 0 Å². The summed E-state index contributed by atoms with van der Waals surface area (Å²) in [5.41, 5.74) is 0.461. The molecule has 0 amide bonds. The van der Waals surface area contributed by atoms with Crippen molar-refractivity contribution in [1.82, 2.24) is 0 Å². The van der Waals surface area contributed by atoms with Gasteiger partial charge in [-0.3, -0.25) is 0 Å². The molecule has 0 saturated heterocycles. The van der Waals surface area contributed by atoms with Crippen molar-refractivity contribution >= 4 is 0 Å². The van der Waals surface area contributed by atoms with E-state index in [1.165, 1.54) is 0 Å². The monoisotopic (exact) mass is 184 g/mol. The van der Waals surface area contributed by atoms with E-state index in [0.29, 0.717) is 5.41 Å². The fraction of sp³-hybridized carbons (Fsp3) is 1.00. The van der Waals surface area contributed by atoms with Gasteiger partial charge < -0.3 is 0 Å². The molecule has 0 heterocycles. The second kappa shape index (κ2) is 4.48. The van der Waals surface area contributed by atoms with Gasteiger partial charge in [-0.15, -0.1) is 0 Å². The molecule has 0 N–H and O–H groups in total. The van der Waals surface area contributed by atoms with Crippen molar-refractivity contribution in [3.8, 4) is 0 Å². The van der Waals surface area contributed by atoms with E-state index in [9.17, 15) is 0 Å². The SMILES string of the molecule is CC(C)C(C(C)C)C(C)(C)C(C)C. The van der Waals surface area contributed by atoms with E-state index in [2.05, 4.69) is 55.4 Å². The van der Waals surface area contributed by atoms with Crippen LogP contribution >= 0.6 is 0 Å². The first-order valence-electron chi connectivity index (χ1n) is 5.71. The first kappa shape index (κ1) is 13.0. The summed E-state index contributed by atoms with van der Waals surface area (Å²) in [6, 6.07) is 0. The lowest BCUT2D eigenvalue weighted by Gasteiger charge is -2.43. The summed E-state index contributed by atoms with van der Waals surface area (Å²) in [6.45, 7) is 19.0. The lowest BCUT2D eigenvalue weighted by molar-refractivity contribution is 0.0589. The van der Waals surface area contributed by atoms with E-state index in [0.717, 1.165) is 23.7 Å². The summed E-state index contributed by atoms with van der Waals surface area (Å²) in [6.07, 6.45) is 0. The van der Waals surface area contributed by atoms with Gasteiger partial charge in [0.15, 0.2) is 0 Å². The summed E-state index contributed by atoms with van der Waals surface area (Å²) >= 11 is 0. The zero-order chi connectivity index (χ0) is 10.8. The zero-order valence-electron chi connectivity index (χ0n) is 10.8. The third-order valence-corrected chi connectivity index (χ3v) is 3.78. The van der Waals surface area contributed by atoms with Crippen molar-refractivity contribution in [3.05, 3.63) is 0 Å². The van der Waals surface area contributed by atoms with Crippen LogP contribution in [-0.2, 0) is 0 Å². The zero-order valence-corrected chi connectivity index (χ0v) is 10.8. The molecular formula is C13H28. The van der Waals surface area contributed by atoms with Crippen LogP contribution in [0.5, 0.6) is 0 Å². The molecule has 0 rings (SSSR count). The van der Waals surface area contributed by atoms with Crippen molar-refractivity contribution in [3.63, 3.8) is 0 Å². The van der Waals surface area contributed by atoms with Crippen LogP contribution < -0.4 is 0 Å². The molecule has 0 aromatic heterocycles. The normalized spacial score (nSPS) is 13.8. The number of hydrogen-bond acceptors (Lipinski definition) is 0. The second-order valence-electron chi connectivity index (χ2n) is 5.99. The maximum Gasteiger partial charge on any atom is -0.0298 e. The fourth-order valence-electron chi connectivity index (χ4n) is 2.87. The van der Waals surface area contributed by atoms with Gasteiger partial charge in [-0.05, 0) is 29.1 Å². The molecule has 0 fully saturated rings. The molecule has 0 atom stereocenters. The van der Waals surface area contributed by atoms with E-state index < -0.39 is 0 Å². The molecule has 0 aliphatic heterocycles. The highest BCUT2D eigenvalue weighted by Gasteiger charge is 2.36. The average molecular weight is 184 g/mol. The molecule has 0 spiro atoms. The van der Waals surface area contributed by atoms with Crippen LogP contribution in [0.1, 0.15) is 55.4 Å². The molecule has 0 aliphatic rings. The Labute approximate surface area is 85.1 Å². The van der Waals surface area contributed by atoms with Gasteiger partial charge >= 0.3 is 0 Å². The van der Waals surface area contributed by atoms with Gasteiger partial charge in [-0.25, -0.2) is 0 Å². The predicted molar refractivity (Wildman–Crippen MR) is 61.8 cm³/mol. The molecular weight excluding hydrogens is 156 g/mol. The van der Waals surface area contributed by atoms with Gasteiger partial charge in [0.1, 0.15) is 0 Å². The first-order valence-corrected chi connectivity index (χ1v) is 5.71. The highest BCUT2D eigenvalue weighted by molar-refractivity contribution is 4.84. The molecule has 0 aromatic carbocycles. The highest BCUT2D eigenvalue weighted by Crippen LogP contribution is 2.43. The van der Waals surface area contributed by atoms with Gasteiger partial charge in [0, 0.05) is 0 Å². The number of rotatable bonds is 4. The van der Waals surface area contributed by atoms with Crippen LogP contribution in [0, 0.1) is 29.1 Å². The van der Waals surface area contributed by atoms with Crippen molar-refractivity contribution < 1.29 is 0 Å². The van der Waals surface area contributed by atoms with Crippen molar-refractivity contribution in [2.75, 3.05) is 0 Å². The minimum Gasteiger partial charge on any atom is -0.0625 e. The molecule has 0 bridgehead atoms. The summed E-state index contributed by atoms with van der Waals surface area (Å²) < 4.78 is 0. The van der Waals surface area contributed by atoms with Crippen LogP contribution in [0.3, 0.4) is 0 Å². The Morgan fingerprint density at radius 3 is 1.08 bits per heavy atom. The molecule has 80 valence electrons. The molecule has 0 heteroatoms. The Morgan fingerprint density at radius 1 is 0.692 bits per heavy atom. The van der Waals surface area contributed by atoms with E-state index in [1.807, 2.05) is 0 Å². The van der Waals surface area contributed by atoms with Crippen molar-refractivity contribution in [2.24, 2.45) is 29.1 Å². The molecule has 0 radical (unpaired) electrons. The number of hydrogen-bond donors (Lipinski definition) is 0. The predicted octanol–water partition coefficient (Wildman–Crippen LogP) is 4.60. The Hall–Kier alpha value is 0. The van der Waals surface area contributed by atoms with Crippen LogP contribution in [0.2, 0.25) is 0 Å². The molecule has 13 heavy (non-hydrogen) atoms. The topological polar surface area (TPSA) is 0 Å². The molecule has 0 aliphatic carbocycles. The molecule has 0 aromatic rings. The Morgan fingerprint density at radius 2 is 1.00 bits per heavy atom. The fourth-order valence-corrected chi connectivity index (χ4v) is 2.87. The van der Waals surface area contributed by atoms with E-state index >= 15 is 0 Å². The smallest absolute Gasteiger partial charge is 0.0298 e. The maximum atomic E-state index is 2.42. The van der Waals surface area contributed by atoms with Crippen molar-refractivity contribution in [2.45, 2.75) is 55.4 Å². The van der Waals surface area contributed by atoms with Gasteiger partial charge in [-0.1, -0.05) is 55.4 Å². The molecule has 0 unspecified atom stereocenters. The third kappa shape index (κ3) is 3.00. The van der Waals surface area contributed by atoms with E-state index in [1.54, 1.807) is 0 Å². The van der Waals surface area contributed by atoms with Gasteiger partial charge in [0.25, 0.3) is 0 Å². The summed E-state index contributed by atoms with van der Waals surface area (Å²) in [7, 11) is 0. The van der Waals surface area contributed by atoms with Crippen LogP contribution in [0.4, 0.5) is 0 Å². The maximum absolute atomic E-state index is 2.42. The highest BCUT2D eigenvalue weighted by atomic mass is 14.4. The van der Waals surface area contributed by atoms with Gasteiger partial charge in [-0.2, -0.15) is 0 Å². The Kier molecular flexibility index (Phi) is 4.48. The molecule has 0 saturated carbocycles. The summed E-state index contributed by atoms with van der Waals surface area (Å²) in [4.78, 5) is 0. The second-order valence-corrected chi connectivity index (χ2v) is 5.99. The van der Waals surface area contributed by atoms with Gasteiger partial charge in [0.2, 0.25) is 0 Å². The first-order chi connectivity index (χ1) is 5.71. The lowest BCUT2D eigenvalue weighted by atomic mass is 9.62. The Balaban J connectivity index is 4.73. The van der Waals surface area contributed by atoms with Crippen molar-refractivity contribution in [1.29, 1.82) is 0 Å².